The lowest BCUT2D eigenvalue weighted by Crippen LogP contribution is -2.54. The number of hydrogen-bond donors (Lipinski definition) is 1. The third-order valence-corrected chi connectivity index (χ3v) is 10.1. The SMILES string of the molecule is CC[C@H](C(=O)NC1CCCCC1)N(Cc1c(Cl)cccc1Cl)C(=O)CN(c1cccc(C)c1)S(=O)(=O)c1ccccc1. The molecule has 1 aliphatic rings. The van der Waals surface area contributed by atoms with Gasteiger partial charge in [-0.05, 0) is 68.1 Å². The molecule has 0 saturated heterocycles. The standard InChI is InChI=1S/C32H37Cl2N3O4S/c1-3-30(32(39)35-24-13-6-4-7-14-24)36(21-27-28(33)18-11-19-29(27)34)31(38)22-37(25-15-10-12-23(2)20-25)42(40,41)26-16-8-5-9-17-26/h5,8-12,15-20,24,30H,3-4,6-7,13-14,21-22H2,1-2H3,(H,35,39)/t30-/m1/s1. The van der Waals surface area contributed by atoms with Crippen LogP contribution in [0.2, 0.25) is 10.0 Å². The minimum Gasteiger partial charge on any atom is -0.352 e. The number of amides is 2. The molecule has 0 aliphatic heterocycles. The monoisotopic (exact) mass is 629 g/mol. The molecule has 0 heterocycles. The van der Waals surface area contributed by atoms with E-state index in [4.69, 9.17) is 23.2 Å². The van der Waals surface area contributed by atoms with Gasteiger partial charge in [0.2, 0.25) is 11.8 Å². The van der Waals surface area contributed by atoms with Crippen molar-refractivity contribution in [2.75, 3.05) is 10.8 Å². The zero-order chi connectivity index (χ0) is 30.3. The summed E-state index contributed by atoms with van der Waals surface area (Å²) in [5.41, 5.74) is 1.68. The van der Waals surface area contributed by atoms with Crippen LogP contribution in [0.1, 0.15) is 56.6 Å². The molecule has 0 unspecified atom stereocenters. The van der Waals surface area contributed by atoms with Crippen LogP contribution in [0, 0.1) is 6.92 Å². The van der Waals surface area contributed by atoms with Crippen LogP contribution in [0.25, 0.3) is 0 Å². The second-order valence-electron chi connectivity index (χ2n) is 10.7. The van der Waals surface area contributed by atoms with E-state index in [0.29, 0.717) is 27.7 Å². The molecule has 0 spiro atoms. The van der Waals surface area contributed by atoms with Crippen LogP contribution in [0.5, 0.6) is 0 Å². The summed E-state index contributed by atoms with van der Waals surface area (Å²) in [7, 11) is -4.13. The van der Waals surface area contributed by atoms with Gasteiger partial charge in [0.05, 0.1) is 10.6 Å². The topological polar surface area (TPSA) is 86.8 Å². The van der Waals surface area contributed by atoms with Crippen LogP contribution >= 0.6 is 23.2 Å². The largest absolute Gasteiger partial charge is 0.352 e. The molecule has 224 valence electrons. The van der Waals surface area contributed by atoms with Gasteiger partial charge in [0.25, 0.3) is 10.0 Å². The van der Waals surface area contributed by atoms with Crippen LogP contribution in [-0.4, -0.2) is 43.8 Å². The molecule has 1 atom stereocenters. The van der Waals surface area contributed by atoms with Crippen LogP contribution < -0.4 is 9.62 Å². The Balaban J connectivity index is 1.73. The first-order valence-electron chi connectivity index (χ1n) is 14.3. The molecule has 0 aromatic heterocycles. The van der Waals surface area contributed by atoms with Gasteiger partial charge in [0, 0.05) is 28.2 Å². The lowest BCUT2D eigenvalue weighted by molar-refractivity contribution is -0.140. The van der Waals surface area contributed by atoms with Crippen molar-refractivity contribution in [3.05, 3.63) is 94.0 Å². The van der Waals surface area contributed by atoms with Crippen molar-refractivity contribution in [1.29, 1.82) is 0 Å². The summed E-state index contributed by atoms with van der Waals surface area (Å²) < 4.78 is 29.0. The van der Waals surface area contributed by atoms with Gasteiger partial charge in [-0.1, -0.05) is 85.8 Å². The van der Waals surface area contributed by atoms with E-state index in [2.05, 4.69) is 5.32 Å². The van der Waals surface area contributed by atoms with Gasteiger partial charge < -0.3 is 10.2 Å². The van der Waals surface area contributed by atoms with Gasteiger partial charge in [0.1, 0.15) is 12.6 Å². The van der Waals surface area contributed by atoms with E-state index in [-0.39, 0.29) is 23.4 Å². The van der Waals surface area contributed by atoms with Gasteiger partial charge in [-0.3, -0.25) is 13.9 Å². The number of carbonyl (C=O) groups is 2. The summed E-state index contributed by atoms with van der Waals surface area (Å²) in [4.78, 5) is 29.4. The molecule has 3 aromatic carbocycles. The van der Waals surface area contributed by atoms with Crippen LogP contribution in [0.15, 0.2) is 77.7 Å². The minimum atomic E-state index is -4.13. The first-order valence-corrected chi connectivity index (χ1v) is 16.5. The van der Waals surface area contributed by atoms with Crippen molar-refractivity contribution in [3.8, 4) is 0 Å². The molecule has 42 heavy (non-hydrogen) atoms. The molecule has 4 rings (SSSR count). The first-order chi connectivity index (χ1) is 20.1. The van der Waals surface area contributed by atoms with E-state index in [9.17, 15) is 18.0 Å². The molecule has 0 bridgehead atoms. The highest BCUT2D eigenvalue weighted by molar-refractivity contribution is 7.92. The van der Waals surface area contributed by atoms with Crippen molar-refractivity contribution >= 4 is 50.7 Å². The van der Waals surface area contributed by atoms with Crippen molar-refractivity contribution in [2.45, 2.75) is 75.9 Å². The fraction of sp³-hybridized carbons (Fsp3) is 0.375. The van der Waals surface area contributed by atoms with Crippen molar-refractivity contribution in [1.82, 2.24) is 10.2 Å². The van der Waals surface area contributed by atoms with Gasteiger partial charge in [-0.15, -0.1) is 0 Å². The molecule has 1 fully saturated rings. The number of hydrogen-bond acceptors (Lipinski definition) is 4. The van der Waals surface area contributed by atoms with E-state index >= 15 is 0 Å². The molecule has 0 radical (unpaired) electrons. The fourth-order valence-electron chi connectivity index (χ4n) is 5.35. The zero-order valence-electron chi connectivity index (χ0n) is 23.9. The van der Waals surface area contributed by atoms with Crippen LogP contribution in [-0.2, 0) is 26.2 Å². The number of nitrogens with zero attached hydrogens (tertiary/aromatic N) is 2. The van der Waals surface area contributed by atoms with Gasteiger partial charge in [-0.2, -0.15) is 0 Å². The molecule has 10 heteroatoms. The number of halogens is 2. The average Bonchev–Trinajstić information content (AvgIpc) is 2.98. The fourth-order valence-corrected chi connectivity index (χ4v) is 7.29. The van der Waals surface area contributed by atoms with E-state index in [1.807, 2.05) is 19.9 Å². The summed E-state index contributed by atoms with van der Waals surface area (Å²) >= 11 is 13.0. The van der Waals surface area contributed by atoms with Crippen LogP contribution in [0.4, 0.5) is 5.69 Å². The highest BCUT2D eigenvalue weighted by Crippen LogP contribution is 2.29. The number of sulfonamides is 1. The van der Waals surface area contributed by atoms with Crippen molar-refractivity contribution in [2.24, 2.45) is 0 Å². The number of aryl methyl sites for hydroxylation is 1. The molecule has 7 nitrogen and oxygen atoms in total. The van der Waals surface area contributed by atoms with E-state index in [1.165, 1.54) is 17.0 Å². The Bertz CT molecular complexity index is 1470. The summed E-state index contributed by atoms with van der Waals surface area (Å²) in [6.45, 7) is 3.11. The number of anilines is 1. The van der Waals surface area contributed by atoms with Crippen molar-refractivity contribution < 1.29 is 18.0 Å². The lowest BCUT2D eigenvalue weighted by atomic mass is 9.95. The summed E-state index contributed by atoms with van der Waals surface area (Å²) in [5, 5.41) is 3.85. The summed E-state index contributed by atoms with van der Waals surface area (Å²) in [6.07, 6.45) is 5.34. The second-order valence-corrected chi connectivity index (χ2v) is 13.3. The maximum absolute atomic E-state index is 14.3. The maximum atomic E-state index is 14.3. The number of nitrogens with one attached hydrogen (secondary N) is 1. The molecule has 1 N–H and O–H groups in total. The van der Waals surface area contributed by atoms with Gasteiger partial charge in [-0.25, -0.2) is 8.42 Å². The molecule has 1 saturated carbocycles. The molecule has 1 aliphatic carbocycles. The average molecular weight is 631 g/mol. The predicted octanol–water partition coefficient (Wildman–Crippen LogP) is 6.75. The smallest absolute Gasteiger partial charge is 0.264 e. The lowest BCUT2D eigenvalue weighted by Gasteiger charge is -2.35. The Labute approximate surface area is 258 Å². The Morgan fingerprint density at radius 2 is 1.57 bits per heavy atom. The Morgan fingerprint density at radius 3 is 2.19 bits per heavy atom. The van der Waals surface area contributed by atoms with Crippen molar-refractivity contribution in [3.63, 3.8) is 0 Å². The van der Waals surface area contributed by atoms with E-state index < -0.39 is 28.5 Å². The molecular weight excluding hydrogens is 593 g/mol. The predicted molar refractivity (Wildman–Crippen MR) is 168 cm³/mol. The Kier molecular flexibility index (Phi) is 10.9. The summed E-state index contributed by atoms with van der Waals surface area (Å²) in [6, 6.07) is 19.2. The zero-order valence-corrected chi connectivity index (χ0v) is 26.3. The third-order valence-electron chi connectivity index (χ3n) is 7.63. The molecular formula is C32H37Cl2N3O4S. The first kappa shape index (κ1) is 31.9. The Morgan fingerprint density at radius 1 is 0.929 bits per heavy atom. The van der Waals surface area contributed by atoms with E-state index in [1.54, 1.807) is 54.6 Å². The van der Waals surface area contributed by atoms with Gasteiger partial charge >= 0.3 is 0 Å². The van der Waals surface area contributed by atoms with Gasteiger partial charge in [0.15, 0.2) is 0 Å². The minimum absolute atomic E-state index is 0.0448. The Hall–Kier alpha value is -3.07. The molecule has 2 amide bonds. The number of carbonyl (C=O) groups excluding carboxylic acids is 2. The second kappa shape index (κ2) is 14.4. The third kappa shape index (κ3) is 7.65. The highest BCUT2D eigenvalue weighted by atomic mass is 35.5. The summed E-state index contributed by atoms with van der Waals surface area (Å²) in [5.74, 6) is -0.813. The molecule has 3 aromatic rings. The highest BCUT2D eigenvalue weighted by Gasteiger charge is 2.35. The van der Waals surface area contributed by atoms with Crippen LogP contribution in [0.3, 0.4) is 0 Å². The number of benzene rings is 3. The maximum Gasteiger partial charge on any atom is 0.264 e. The normalized spacial score (nSPS) is 14.7. The van der Waals surface area contributed by atoms with E-state index in [0.717, 1.165) is 42.0 Å². The quantitative estimate of drug-likeness (QED) is 0.254. The number of rotatable bonds is 11.